The highest BCUT2D eigenvalue weighted by Gasteiger charge is 2.14. The molecule has 0 radical (unpaired) electrons. The largest absolute Gasteiger partial charge is 0.422 e. The van der Waals surface area contributed by atoms with Gasteiger partial charge in [0.05, 0.1) is 0 Å². The first kappa shape index (κ1) is 17.5. The van der Waals surface area contributed by atoms with Crippen molar-refractivity contribution in [1.82, 2.24) is 19.7 Å². The molecule has 0 aliphatic rings. The molecule has 0 atom stereocenters. The second-order valence-corrected chi connectivity index (χ2v) is 7.31. The van der Waals surface area contributed by atoms with Crippen LogP contribution in [0.2, 0.25) is 0 Å². The predicted octanol–water partition coefficient (Wildman–Crippen LogP) is 3.89. The van der Waals surface area contributed by atoms with Gasteiger partial charge in [-0.2, -0.15) is 0 Å². The highest BCUT2D eigenvalue weighted by Crippen LogP contribution is 2.29. The predicted molar refractivity (Wildman–Crippen MR) is 106 cm³/mol. The summed E-state index contributed by atoms with van der Waals surface area (Å²) in [7, 11) is 1.93. The normalized spacial score (nSPS) is 11.2. The van der Waals surface area contributed by atoms with Crippen LogP contribution in [-0.4, -0.2) is 19.7 Å². The molecule has 0 fully saturated rings. The maximum absolute atomic E-state index is 12.0. The van der Waals surface area contributed by atoms with Crippen molar-refractivity contribution >= 4 is 22.7 Å². The Hall–Kier alpha value is -2.93. The molecular formula is C20H18N4O2S. The minimum Gasteiger partial charge on any atom is -0.422 e. The summed E-state index contributed by atoms with van der Waals surface area (Å²) in [4.78, 5) is 16.1. The SMILES string of the molecule is Cc1ccc2c(CSc3nnc(-c4ccncc4)n3C)cc(=O)oc2c1C. The van der Waals surface area contributed by atoms with Gasteiger partial charge in [-0.25, -0.2) is 4.79 Å². The molecule has 0 bridgehead atoms. The molecule has 0 unspecified atom stereocenters. The van der Waals surface area contributed by atoms with Crippen LogP contribution >= 0.6 is 11.8 Å². The fourth-order valence-electron chi connectivity index (χ4n) is 2.98. The van der Waals surface area contributed by atoms with Gasteiger partial charge in [-0.05, 0) is 42.7 Å². The first-order valence-corrected chi connectivity index (χ1v) is 9.48. The van der Waals surface area contributed by atoms with Crippen molar-refractivity contribution in [2.75, 3.05) is 0 Å². The minimum atomic E-state index is -0.331. The van der Waals surface area contributed by atoms with E-state index in [2.05, 4.69) is 21.2 Å². The fraction of sp³-hybridized carbons (Fsp3) is 0.200. The number of thioether (sulfide) groups is 1. The van der Waals surface area contributed by atoms with Crippen molar-refractivity contribution in [3.05, 3.63) is 69.8 Å². The number of rotatable bonds is 4. The molecule has 0 saturated heterocycles. The number of nitrogens with zero attached hydrogens (tertiary/aromatic N) is 4. The van der Waals surface area contributed by atoms with Gasteiger partial charge in [0.15, 0.2) is 11.0 Å². The lowest BCUT2D eigenvalue weighted by atomic mass is 10.0. The number of aromatic nitrogens is 4. The lowest BCUT2D eigenvalue weighted by molar-refractivity contribution is 0.557. The molecule has 0 aliphatic heterocycles. The molecule has 0 N–H and O–H groups in total. The van der Waals surface area contributed by atoms with E-state index in [1.807, 2.05) is 43.7 Å². The van der Waals surface area contributed by atoms with E-state index < -0.39 is 0 Å². The number of fused-ring (bicyclic) bond motifs is 1. The quantitative estimate of drug-likeness (QED) is 0.396. The summed E-state index contributed by atoms with van der Waals surface area (Å²) >= 11 is 1.54. The second kappa shape index (κ2) is 7.00. The molecule has 4 rings (SSSR count). The zero-order chi connectivity index (χ0) is 19.0. The molecule has 27 heavy (non-hydrogen) atoms. The standard InChI is InChI=1S/C20H18N4O2S/c1-12-4-5-16-15(10-17(25)26-18(16)13(12)2)11-27-20-23-22-19(24(20)3)14-6-8-21-9-7-14/h4-10H,11H2,1-3H3. The Kier molecular flexibility index (Phi) is 4.53. The molecule has 0 spiro atoms. The Morgan fingerprint density at radius 2 is 1.89 bits per heavy atom. The van der Waals surface area contributed by atoms with Crippen LogP contribution < -0.4 is 5.63 Å². The van der Waals surface area contributed by atoms with Gasteiger partial charge in [-0.1, -0.05) is 23.9 Å². The van der Waals surface area contributed by atoms with Gasteiger partial charge in [0.25, 0.3) is 0 Å². The Bertz CT molecular complexity index is 1180. The van der Waals surface area contributed by atoms with Crippen molar-refractivity contribution in [3.8, 4) is 11.4 Å². The maximum Gasteiger partial charge on any atom is 0.336 e. The summed E-state index contributed by atoms with van der Waals surface area (Å²) in [5, 5.41) is 10.3. The molecular weight excluding hydrogens is 360 g/mol. The van der Waals surface area contributed by atoms with Gasteiger partial charge in [0, 0.05) is 42.2 Å². The van der Waals surface area contributed by atoms with Crippen LogP contribution in [0, 0.1) is 13.8 Å². The summed E-state index contributed by atoms with van der Waals surface area (Å²) in [5.74, 6) is 1.39. The maximum atomic E-state index is 12.0. The molecule has 3 heterocycles. The van der Waals surface area contributed by atoms with Gasteiger partial charge in [0.2, 0.25) is 0 Å². The first-order valence-electron chi connectivity index (χ1n) is 8.50. The molecule has 0 amide bonds. The van der Waals surface area contributed by atoms with E-state index in [9.17, 15) is 4.79 Å². The van der Waals surface area contributed by atoms with Gasteiger partial charge in [-0.3, -0.25) is 4.98 Å². The van der Waals surface area contributed by atoms with E-state index in [0.717, 1.165) is 38.6 Å². The molecule has 3 aromatic heterocycles. The van der Waals surface area contributed by atoms with E-state index in [1.54, 1.807) is 30.2 Å². The molecule has 4 aromatic rings. The Morgan fingerprint density at radius 1 is 1.11 bits per heavy atom. The summed E-state index contributed by atoms with van der Waals surface area (Å²) in [6, 6.07) is 9.43. The summed E-state index contributed by atoms with van der Waals surface area (Å²) in [6.07, 6.45) is 3.47. The number of hydrogen-bond donors (Lipinski definition) is 0. The molecule has 0 aliphatic carbocycles. The summed E-state index contributed by atoms with van der Waals surface area (Å²) in [5.41, 5.74) is 4.32. The Morgan fingerprint density at radius 3 is 2.67 bits per heavy atom. The monoisotopic (exact) mass is 378 g/mol. The van der Waals surface area contributed by atoms with Crippen molar-refractivity contribution in [2.45, 2.75) is 24.8 Å². The van der Waals surface area contributed by atoms with E-state index in [0.29, 0.717) is 11.3 Å². The molecule has 7 heteroatoms. The highest BCUT2D eigenvalue weighted by atomic mass is 32.2. The smallest absolute Gasteiger partial charge is 0.336 e. The fourth-order valence-corrected chi connectivity index (χ4v) is 3.88. The number of pyridine rings is 1. The van der Waals surface area contributed by atoms with Gasteiger partial charge in [0.1, 0.15) is 5.58 Å². The zero-order valence-electron chi connectivity index (χ0n) is 15.3. The van der Waals surface area contributed by atoms with Crippen LogP contribution in [0.15, 0.2) is 57.1 Å². The van der Waals surface area contributed by atoms with Gasteiger partial charge < -0.3 is 8.98 Å². The Balaban J connectivity index is 1.66. The van der Waals surface area contributed by atoms with E-state index in [1.165, 1.54) is 0 Å². The van der Waals surface area contributed by atoms with Crippen LogP contribution in [0.25, 0.3) is 22.4 Å². The van der Waals surface area contributed by atoms with Crippen molar-refractivity contribution < 1.29 is 4.42 Å². The van der Waals surface area contributed by atoms with E-state index >= 15 is 0 Å². The van der Waals surface area contributed by atoms with Crippen LogP contribution in [0.3, 0.4) is 0 Å². The average molecular weight is 378 g/mol. The van der Waals surface area contributed by atoms with Crippen LogP contribution in [0.1, 0.15) is 16.7 Å². The van der Waals surface area contributed by atoms with Crippen molar-refractivity contribution in [1.29, 1.82) is 0 Å². The second-order valence-electron chi connectivity index (χ2n) is 6.36. The number of benzene rings is 1. The lowest BCUT2D eigenvalue weighted by Crippen LogP contribution is -2.02. The third-order valence-electron chi connectivity index (χ3n) is 4.65. The average Bonchev–Trinajstić information content (AvgIpc) is 3.04. The topological polar surface area (TPSA) is 73.8 Å². The van der Waals surface area contributed by atoms with Crippen molar-refractivity contribution in [3.63, 3.8) is 0 Å². The van der Waals surface area contributed by atoms with Crippen LogP contribution in [0.5, 0.6) is 0 Å². The first-order chi connectivity index (χ1) is 13.0. The summed E-state index contributed by atoms with van der Waals surface area (Å²) < 4.78 is 7.40. The third kappa shape index (κ3) is 3.26. The minimum absolute atomic E-state index is 0.331. The number of aryl methyl sites for hydroxylation is 2. The van der Waals surface area contributed by atoms with Crippen molar-refractivity contribution in [2.24, 2.45) is 7.05 Å². The Labute approximate surface area is 160 Å². The highest BCUT2D eigenvalue weighted by molar-refractivity contribution is 7.98. The van der Waals surface area contributed by atoms with Gasteiger partial charge >= 0.3 is 5.63 Å². The summed E-state index contributed by atoms with van der Waals surface area (Å²) in [6.45, 7) is 3.98. The third-order valence-corrected chi connectivity index (χ3v) is 5.72. The lowest BCUT2D eigenvalue weighted by Gasteiger charge is -2.09. The molecule has 6 nitrogen and oxygen atoms in total. The van der Waals surface area contributed by atoms with E-state index in [4.69, 9.17) is 4.42 Å². The number of hydrogen-bond acceptors (Lipinski definition) is 6. The van der Waals surface area contributed by atoms with Crippen LogP contribution in [0.4, 0.5) is 0 Å². The molecule has 1 aromatic carbocycles. The molecule has 0 saturated carbocycles. The van der Waals surface area contributed by atoms with Gasteiger partial charge in [-0.15, -0.1) is 10.2 Å². The van der Waals surface area contributed by atoms with E-state index in [-0.39, 0.29) is 5.63 Å². The zero-order valence-corrected chi connectivity index (χ0v) is 16.1. The molecule has 136 valence electrons. The van der Waals surface area contributed by atoms with Crippen LogP contribution in [-0.2, 0) is 12.8 Å².